The van der Waals surface area contributed by atoms with Crippen molar-refractivity contribution in [3.05, 3.63) is 48.0 Å². The number of carbonyl (C=O) groups is 2. The highest BCUT2D eigenvalue weighted by molar-refractivity contribution is 6.00. The molecule has 1 saturated heterocycles. The maximum Gasteiger partial charge on any atom is 0.245 e. The summed E-state index contributed by atoms with van der Waals surface area (Å²) in [6, 6.07) is 12.4. The number of ether oxygens (including phenoxy) is 3. The number of nitrogens with zero attached hydrogens (tertiary/aromatic N) is 2. The van der Waals surface area contributed by atoms with Crippen LogP contribution in [0.4, 0.5) is 5.69 Å². The molecule has 0 radical (unpaired) electrons. The van der Waals surface area contributed by atoms with Crippen molar-refractivity contribution in [1.29, 1.82) is 0 Å². The molecule has 2 aromatic rings. The average molecular weight is 397 g/mol. The molecule has 2 aromatic carbocycles. The third-order valence-corrected chi connectivity index (χ3v) is 4.70. The number of hydrogen-bond donors (Lipinski definition) is 1. The average Bonchev–Trinajstić information content (AvgIpc) is 3.15. The molecule has 29 heavy (non-hydrogen) atoms. The number of hydrazone groups is 1. The van der Waals surface area contributed by atoms with E-state index in [1.807, 2.05) is 0 Å². The molecule has 0 aliphatic carbocycles. The fourth-order valence-corrected chi connectivity index (χ4v) is 3.08. The van der Waals surface area contributed by atoms with Gasteiger partial charge in [0.2, 0.25) is 11.8 Å². The maximum atomic E-state index is 12.4. The van der Waals surface area contributed by atoms with E-state index >= 15 is 0 Å². The van der Waals surface area contributed by atoms with Gasteiger partial charge < -0.3 is 19.1 Å². The van der Waals surface area contributed by atoms with Gasteiger partial charge in [0.1, 0.15) is 17.2 Å². The van der Waals surface area contributed by atoms with Crippen molar-refractivity contribution in [3.8, 4) is 17.2 Å². The zero-order valence-electron chi connectivity index (χ0n) is 16.5. The predicted octanol–water partition coefficient (Wildman–Crippen LogP) is 2.22. The third kappa shape index (κ3) is 4.66. The monoisotopic (exact) mass is 397 g/mol. The predicted molar refractivity (Wildman–Crippen MR) is 109 cm³/mol. The SMILES string of the molecule is COc1ccc(N2C[C@@H](C(=O)N/N=C/c3ccc(OC)cc3OC)CC2=O)cc1. The second-order valence-corrected chi connectivity index (χ2v) is 6.45. The molecule has 152 valence electrons. The van der Waals surface area contributed by atoms with Crippen molar-refractivity contribution in [2.45, 2.75) is 6.42 Å². The Labute approximate surface area is 169 Å². The van der Waals surface area contributed by atoms with Gasteiger partial charge in [-0.2, -0.15) is 5.10 Å². The van der Waals surface area contributed by atoms with E-state index in [0.29, 0.717) is 29.4 Å². The van der Waals surface area contributed by atoms with E-state index in [1.54, 1.807) is 68.7 Å². The lowest BCUT2D eigenvalue weighted by Gasteiger charge is -2.16. The van der Waals surface area contributed by atoms with E-state index in [9.17, 15) is 9.59 Å². The van der Waals surface area contributed by atoms with Crippen LogP contribution in [0.2, 0.25) is 0 Å². The Hall–Kier alpha value is -3.55. The number of nitrogens with one attached hydrogen (secondary N) is 1. The summed E-state index contributed by atoms with van der Waals surface area (Å²) < 4.78 is 15.6. The van der Waals surface area contributed by atoms with Gasteiger partial charge in [0.05, 0.1) is 33.5 Å². The van der Waals surface area contributed by atoms with Gasteiger partial charge >= 0.3 is 0 Å². The highest BCUT2D eigenvalue weighted by atomic mass is 16.5. The van der Waals surface area contributed by atoms with Crippen molar-refractivity contribution in [1.82, 2.24) is 5.43 Å². The first-order valence-corrected chi connectivity index (χ1v) is 9.05. The van der Waals surface area contributed by atoms with Crippen molar-refractivity contribution in [3.63, 3.8) is 0 Å². The Morgan fingerprint density at radius 3 is 2.41 bits per heavy atom. The van der Waals surface area contributed by atoms with Crippen LogP contribution in [0.3, 0.4) is 0 Å². The van der Waals surface area contributed by atoms with Gasteiger partial charge in [-0.05, 0) is 36.4 Å². The van der Waals surface area contributed by atoms with E-state index in [4.69, 9.17) is 14.2 Å². The van der Waals surface area contributed by atoms with Crippen LogP contribution in [0.15, 0.2) is 47.6 Å². The summed E-state index contributed by atoms with van der Waals surface area (Å²) in [7, 11) is 4.70. The largest absolute Gasteiger partial charge is 0.497 e. The summed E-state index contributed by atoms with van der Waals surface area (Å²) in [5.74, 6) is 1.06. The number of methoxy groups -OCH3 is 3. The zero-order chi connectivity index (χ0) is 20.8. The van der Waals surface area contributed by atoms with E-state index in [1.165, 1.54) is 6.21 Å². The van der Waals surface area contributed by atoms with Crippen molar-refractivity contribution in [2.75, 3.05) is 32.8 Å². The molecule has 0 bridgehead atoms. The topological polar surface area (TPSA) is 89.5 Å². The Morgan fingerprint density at radius 1 is 1.07 bits per heavy atom. The minimum Gasteiger partial charge on any atom is -0.497 e. The van der Waals surface area contributed by atoms with Gasteiger partial charge in [0.25, 0.3) is 0 Å². The summed E-state index contributed by atoms with van der Waals surface area (Å²) in [5.41, 5.74) is 3.93. The summed E-state index contributed by atoms with van der Waals surface area (Å²) >= 11 is 0. The van der Waals surface area contributed by atoms with Gasteiger partial charge in [-0.1, -0.05) is 0 Å². The van der Waals surface area contributed by atoms with Crippen LogP contribution < -0.4 is 24.5 Å². The lowest BCUT2D eigenvalue weighted by molar-refractivity contribution is -0.126. The first-order valence-electron chi connectivity index (χ1n) is 9.05. The van der Waals surface area contributed by atoms with Crippen LogP contribution in [0.1, 0.15) is 12.0 Å². The van der Waals surface area contributed by atoms with Crippen LogP contribution >= 0.6 is 0 Å². The zero-order valence-corrected chi connectivity index (χ0v) is 16.5. The minimum atomic E-state index is -0.473. The molecule has 1 N–H and O–H groups in total. The number of anilines is 1. The molecular formula is C21H23N3O5. The molecule has 0 unspecified atom stereocenters. The molecule has 1 atom stereocenters. The maximum absolute atomic E-state index is 12.4. The molecule has 3 rings (SSSR count). The van der Waals surface area contributed by atoms with E-state index in [0.717, 1.165) is 5.69 Å². The summed E-state index contributed by atoms with van der Waals surface area (Å²) in [4.78, 5) is 26.4. The first-order chi connectivity index (χ1) is 14.0. The Kier molecular flexibility index (Phi) is 6.33. The summed E-state index contributed by atoms with van der Waals surface area (Å²) in [6.45, 7) is 0.304. The minimum absolute atomic E-state index is 0.101. The van der Waals surface area contributed by atoms with Crippen molar-refractivity contribution >= 4 is 23.7 Å². The van der Waals surface area contributed by atoms with Crippen LogP contribution in [0.5, 0.6) is 17.2 Å². The normalized spacial score (nSPS) is 16.2. The smallest absolute Gasteiger partial charge is 0.245 e. The molecule has 1 aliphatic rings. The standard InChI is InChI=1S/C21H23N3O5/c1-27-17-8-5-16(6-9-17)24-13-15(10-20(24)25)21(26)23-22-12-14-4-7-18(28-2)11-19(14)29-3/h4-9,11-12,15H,10,13H2,1-3H3,(H,23,26)/b22-12+/t15-/m0/s1. The molecule has 1 heterocycles. The number of carbonyl (C=O) groups excluding carboxylic acids is 2. The molecule has 1 fully saturated rings. The third-order valence-electron chi connectivity index (χ3n) is 4.70. The van der Waals surface area contributed by atoms with Crippen molar-refractivity contribution < 1.29 is 23.8 Å². The van der Waals surface area contributed by atoms with Crippen LogP contribution in [-0.2, 0) is 9.59 Å². The highest BCUT2D eigenvalue weighted by Crippen LogP contribution is 2.27. The molecule has 0 aromatic heterocycles. The van der Waals surface area contributed by atoms with Crippen molar-refractivity contribution in [2.24, 2.45) is 11.0 Å². The molecular weight excluding hydrogens is 374 g/mol. The Bertz CT molecular complexity index is 911. The Balaban J connectivity index is 1.61. The molecule has 8 nitrogen and oxygen atoms in total. The fraction of sp³-hybridized carbons (Fsp3) is 0.286. The summed E-state index contributed by atoms with van der Waals surface area (Å²) in [6.07, 6.45) is 1.63. The molecule has 2 amide bonds. The fourth-order valence-electron chi connectivity index (χ4n) is 3.08. The van der Waals surface area contributed by atoms with Crippen LogP contribution in [-0.4, -0.2) is 45.9 Å². The molecule has 0 spiro atoms. The second kappa shape index (κ2) is 9.09. The quantitative estimate of drug-likeness (QED) is 0.572. The number of benzene rings is 2. The summed E-state index contributed by atoms with van der Waals surface area (Å²) in [5, 5.41) is 4.00. The number of amides is 2. The lowest BCUT2D eigenvalue weighted by Crippen LogP contribution is -2.30. The van der Waals surface area contributed by atoms with Gasteiger partial charge in [-0.25, -0.2) is 5.43 Å². The Morgan fingerprint density at radius 2 is 1.76 bits per heavy atom. The van der Waals surface area contributed by atoms with E-state index in [-0.39, 0.29) is 18.2 Å². The number of rotatable bonds is 7. The van der Waals surface area contributed by atoms with Gasteiger partial charge in [-0.3, -0.25) is 9.59 Å². The molecule has 1 aliphatic heterocycles. The first kappa shape index (κ1) is 20.2. The highest BCUT2D eigenvalue weighted by Gasteiger charge is 2.35. The van der Waals surface area contributed by atoms with Crippen LogP contribution in [0, 0.1) is 5.92 Å². The van der Waals surface area contributed by atoms with E-state index in [2.05, 4.69) is 10.5 Å². The lowest BCUT2D eigenvalue weighted by atomic mass is 10.1. The van der Waals surface area contributed by atoms with Gasteiger partial charge in [-0.15, -0.1) is 0 Å². The number of hydrogen-bond acceptors (Lipinski definition) is 6. The van der Waals surface area contributed by atoms with E-state index < -0.39 is 5.92 Å². The molecule has 0 saturated carbocycles. The molecule has 8 heteroatoms. The second-order valence-electron chi connectivity index (χ2n) is 6.45. The van der Waals surface area contributed by atoms with Crippen LogP contribution in [0.25, 0.3) is 0 Å². The van der Waals surface area contributed by atoms with Gasteiger partial charge in [0, 0.05) is 30.3 Å². The van der Waals surface area contributed by atoms with Gasteiger partial charge in [0.15, 0.2) is 0 Å².